The molecule has 4 heteroatoms. The van der Waals surface area contributed by atoms with Crippen LogP contribution in [0.2, 0.25) is 0 Å². The van der Waals surface area contributed by atoms with Crippen LogP contribution >= 0.6 is 0 Å². The molecular weight excluding hydrogens is 334 g/mol. The predicted octanol–water partition coefficient (Wildman–Crippen LogP) is 4.98. The van der Waals surface area contributed by atoms with Crippen LogP contribution in [0.15, 0.2) is 78.9 Å². The number of ether oxygens (including phenoxy) is 1. The highest BCUT2D eigenvalue weighted by Gasteiger charge is 2.16. The van der Waals surface area contributed by atoms with Crippen molar-refractivity contribution in [1.29, 1.82) is 0 Å². The molecule has 0 fully saturated rings. The minimum atomic E-state index is 0.646. The highest BCUT2D eigenvalue weighted by atomic mass is 16.5. The molecule has 27 heavy (non-hydrogen) atoms. The van der Waals surface area contributed by atoms with Crippen molar-refractivity contribution in [2.75, 3.05) is 7.11 Å². The monoisotopic (exact) mass is 355 g/mol. The molecule has 0 saturated heterocycles. The molecule has 0 N–H and O–H groups in total. The summed E-state index contributed by atoms with van der Waals surface area (Å²) in [6, 6.07) is 26.7. The van der Waals surface area contributed by atoms with Crippen LogP contribution in [0.1, 0.15) is 11.1 Å². The largest absolute Gasteiger partial charge is 0.497 e. The molecule has 0 atom stereocenters. The van der Waals surface area contributed by atoms with Crippen LogP contribution < -0.4 is 4.74 Å². The summed E-state index contributed by atoms with van der Waals surface area (Å²) in [6.45, 7) is 2.74. The molecule has 1 heterocycles. The molecule has 0 aliphatic heterocycles. The summed E-state index contributed by atoms with van der Waals surface area (Å²) in [5.41, 5.74) is 6.47. The van der Waals surface area contributed by atoms with E-state index in [9.17, 15) is 0 Å². The summed E-state index contributed by atoms with van der Waals surface area (Å²) in [6.07, 6.45) is 0. The summed E-state index contributed by atoms with van der Waals surface area (Å²) < 4.78 is 7.22. The van der Waals surface area contributed by atoms with Crippen molar-refractivity contribution in [2.24, 2.45) is 0 Å². The van der Waals surface area contributed by atoms with Gasteiger partial charge in [-0.3, -0.25) is 0 Å². The van der Waals surface area contributed by atoms with Crippen molar-refractivity contribution in [3.8, 4) is 28.3 Å². The Bertz CT molecular complexity index is 1020. The molecule has 4 aromatic rings. The first kappa shape index (κ1) is 17.0. The minimum Gasteiger partial charge on any atom is -0.497 e. The van der Waals surface area contributed by atoms with Gasteiger partial charge in [0.05, 0.1) is 19.3 Å². The second-order valence-corrected chi connectivity index (χ2v) is 6.52. The van der Waals surface area contributed by atoms with E-state index in [4.69, 9.17) is 4.74 Å². The van der Waals surface area contributed by atoms with E-state index in [-0.39, 0.29) is 0 Å². The first-order valence-corrected chi connectivity index (χ1v) is 8.93. The molecule has 0 spiro atoms. The maximum Gasteiger partial charge on any atom is 0.121 e. The van der Waals surface area contributed by atoms with Gasteiger partial charge in [-0.15, -0.1) is 5.10 Å². The molecule has 1 aromatic heterocycles. The summed E-state index contributed by atoms with van der Waals surface area (Å²) in [5.74, 6) is 0.848. The number of nitrogens with zero attached hydrogens (tertiary/aromatic N) is 3. The van der Waals surface area contributed by atoms with Crippen LogP contribution in [-0.4, -0.2) is 22.1 Å². The molecule has 4 rings (SSSR count). The van der Waals surface area contributed by atoms with E-state index in [1.807, 2.05) is 35.0 Å². The Balaban J connectivity index is 1.79. The van der Waals surface area contributed by atoms with Crippen molar-refractivity contribution >= 4 is 0 Å². The van der Waals surface area contributed by atoms with Gasteiger partial charge in [0.2, 0.25) is 0 Å². The first-order valence-electron chi connectivity index (χ1n) is 8.93. The molecular formula is C23H21N3O. The number of aryl methyl sites for hydroxylation is 1. The lowest BCUT2D eigenvalue weighted by Crippen LogP contribution is -2.04. The first-order chi connectivity index (χ1) is 13.2. The number of methoxy groups -OCH3 is 1. The van der Waals surface area contributed by atoms with Crippen molar-refractivity contribution in [2.45, 2.75) is 13.5 Å². The van der Waals surface area contributed by atoms with Gasteiger partial charge in [-0.1, -0.05) is 77.5 Å². The third-order valence-corrected chi connectivity index (χ3v) is 4.60. The van der Waals surface area contributed by atoms with E-state index in [1.54, 1.807) is 7.11 Å². The average molecular weight is 355 g/mol. The molecule has 0 unspecified atom stereocenters. The van der Waals surface area contributed by atoms with Crippen molar-refractivity contribution in [3.63, 3.8) is 0 Å². The molecule has 4 nitrogen and oxygen atoms in total. The zero-order valence-corrected chi connectivity index (χ0v) is 15.5. The van der Waals surface area contributed by atoms with Crippen LogP contribution in [0.3, 0.4) is 0 Å². The molecule has 0 aliphatic carbocycles. The number of hydrogen-bond donors (Lipinski definition) is 0. The Morgan fingerprint density at radius 1 is 0.815 bits per heavy atom. The lowest BCUT2D eigenvalue weighted by molar-refractivity contribution is 0.414. The van der Waals surface area contributed by atoms with Crippen LogP contribution in [-0.2, 0) is 6.54 Å². The summed E-state index contributed by atoms with van der Waals surface area (Å²) in [5, 5.41) is 8.97. The Hall–Kier alpha value is -3.40. The third-order valence-electron chi connectivity index (χ3n) is 4.60. The average Bonchev–Trinajstić information content (AvgIpc) is 3.13. The van der Waals surface area contributed by atoms with Gasteiger partial charge in [0, 0.05) is 11.1 Å². The second-order valence-electron chi connectivity index (χ2n) is 6.52. The van der Waals surface area contributed by atoms with E-state index in [1.165, 1.54) is 5.56 Å². The van der Waals surface area contributed by atoms with E-state index in [0.717, 1.165) is 33.8 Å². The SMILES string of the molecule is COc1ccc(Cn2nnc(-c3ccccc3)c2-c2ccc(C)cc2)cc1. The van der Waals surface area contributed by atoms with Crippen molar-refractivity contribution in [3.05, 3.63) is 90.0 Å². The van der Waals surface area contributed by atoms with Gasteiger partial charge in [0.15, 0.2) is 0 Å². The minimum absolute atomic E-state index is 0.646. The van der Waals surface area contributed by atoms with Gasteiger partial charge < -0.3 is 4.74 Å². The number of aromatic nitrogens is 3. The van der Waals surface area contributed by atoms with Crippen LogP contribution in [0, 0.1) is 6.92 Å². The van der Waals surface area contributed by atoms with Crippen LogP contribution in [0.25, 0.3) is 22.5 Å². The van der Waals surface area contributed by atoms with Crippen LogP contribution in [0.5, 0.6) is 5.75 Å². The van der Waals surface area contributed by atoms with Gasteiger partial charge in [-0.25, -0.2) is 4.68 Å². The lowest BCUT2D eigenvalue weighted by Gasteiger charge is -2.10. The van der Waals surface area contributed by atoms with Gasteiger partial charge in [-0.2, -0.15) is 0 Å². The number of hydrogen-bond acceptors (Lipinski definition) is 3. The molecule has 3 aromatic carbocycles. The Morgan fingerprint density at radius 3 is 2.19 bits per heavy atom. The smallest absolute Gasteiger partial charge is 0.121 e. The van der Waals surface area contributed by atoms with E-state index >= 15 is 0 Å². The van der Waals surface area contributed by atoms with Crippen molar-refractivity contribution in [1.82, 2.24) is 15.0 Å². The molecule has 0 radical (unpaired) electrons. The van der Waals surface area contributed by atoms with Gasteiger partial charge >= 0.3 is 0 Å². The summed E-state index contributed by atoms with van der Waals surface area (Å²) >= 11 is 0. The van der Waals surface area contributed by atoms with Gasteiger partial charge in [0.25, 0.3) is 0 Å². The lowest BCUT2D eigenvalue weighted by atomic mass is 10.0. The summed E-state index contributed by atoms with van der Waals surface area (Å²) in [4.78, 5) is 0. The molecule has 0 bridgehead atoms. The van der Waals surface area contributed by atoms with Crippen LogP contribution in [0.4, 0.5) is 0 Å². The third kappa shape index (κ3) is 3.60. The highest BCUT2D eigenvalue weighted by Crippen LogP contribution is 2.31. The van der Waals surface area contributed by atoms with E-state index in [2.05, 4.69) is 65.8 Å². The maximum absolute atomic E-state index is 5.25. The molecule has 0 saturated carbocycles. The Morgan fingerprint density at radius 2 is 1.52 bits per heavy atom. The Labute approximate surface area is 159 Å². The maximum atomic E-state index is 5.25. The standard InChI is InChI=1S/C23H21N3O/c1-17-8-12-20(13-9-17)23-22(19-6-4-3-5-7-19)24-25-26(23)16-18-10-14-21(27-2)15-11-18/h3-15H,16H2,1-2H3. The number of rotatable bonds is 5. The molecule has 134 valence electrons. The van der Waals surface area contributed by atoms with E-state index in [0.29, 0.717) is 6.54 Å². The zero-order valence-electron chi connectivity index (χ0n) is 15.5. The zero-order chi connectivity index (χ0) is 18.6. The predicted molar refractivity (Wildman–Crippen MR) is 108 cm³/mol. The quantitative estimate of drug-likeness (QED) is 0.507. The topological polar surface area (TPSA) is 39.9 Å². The molecule has 0 aliphatic rings. The van der Waals surface area contributed by atoms with E-state index < -0.39 is 0 Å². The van der Waals surface area contributed by atoms with Crippen molar-refractivity contribution < 1.29 is 4.74 Å². The van der Waals surface area contributed by atoms with Gasteiger partial charge in [-0.05, 0) is 24.6 Å². The van der Waals surface area contributed by atoms with Gasteiger partial charge in [0.1, 0.15) is 11.4 Å². The fourth-order valence-corrected chi connectivity index (χ4v) is 3.12. The molecule has 0 amide bonds. The second kappa shape index (κ2) is 7.46. The number of benzene rings is 3. The normalized spacial score (nSPS) is 10.7. The Kier molecular flexibility index (Phi) is 4.71. The highest BCUT2D eigenvalue weighted by molar-refractivity contribution is 5.78. The fourth-order valence-electron chi connectivity index (χ4n) is 3.12. The summed E-state index contributed by atoms with van der Waals surface area (Å²) in [7, 11) is 1.67. The fraction of sp³-hybridized carbons (Fsp3) is 0.130.